The van der Waals surface area contributed by atoms with Crippen molar-refractivity contribution in [2.75, 3.05) is 0 Å². The third-order valence-electron chi connectivity index (χ3n) is 2.78. The standard InChI is InChI=1S/C13H7Cl2N3O/c14-9-5-3-8(4-6-9)11-13(17-19)18-7-1-2-10(15)12(18)16-11/h1-7H. The summed E-state index contributed by atoms with van der Waals surface area (Å²) in [4.78, 5) is 15.5. The summed E-state index contributed by atoms with van der Waals surface area (Å²) in [5, 5.41) is 4.14. The second kappa shape index (κ2) is 4.64. The zero-order valence-electron chi connectivity index (χ0n) is 9.55. The number of aromatic nitrogens is 2. The molecular weight excluding hydrogens is 285 g/mol. The van der Waals surface area contributed by atoms with Gasteiger partial charge in [-0.25, -0.2) is 4.98 Å². The fourth-order valence-electron chi connectivity index (χ4n) is 1.91. The van der Waals surface area contributed by atoms with Crippen molar-refractivity contribution in [2.24, 2.45) is 5.18 Å². The number of rotatable bonds is 2. The number of nitrogens with zero attached hydrogens (tertiary/aromatic N) is 3. The van der Waals surface area contributed by atoms with Crippen molar-refractivity contribution in [2.45, 2.75) is 0 Å². The van der Waals surface area contributed by atoms with Crippen molar-refractivity contribution in [1.82, 2.24) is 9.38 Å². The molecule has 0 aliphatic heterocycles. The van der Waals surface area contributed by atoms with Gasteiger partial charge in [-0.2, -0.15) is 0 Å². The lowest BCUT2D eigenvalue weighted by Gasteiger charge is -1.97. The van der Waals surface area contributed by atoms with Gasteiger partial charge in [-0.15, -0.1) is 4.91 Å². The number of hydrogen-bond donors (Lipinski definition) is 0. The Labute approximate surface area is 118 Å². The maximum atomic E-state index is 11.1. The van der Waals surface area contributed by atoms with Crippen LogP contribution < -0.4 is 0 Å². The molecule has 0 saturated carbocycles. The zero-order chi connectivity index (χ0) is 13.4. The van der Waals surface area contributed by atoms with Crippen LogP contribution in [0.2, 0.25) is 10.0 Å². The average Bonchev–Trinajstić information content (AvgIpc) is 2.79. The summed E-state index contributed by atoms with van der Waals surface area (Å²) < 4.78 is 1.57. The van der Waals surface area contributed by atoms with Crippen molar-refractivity contribution in [1.29, 1.82) is 0 Å². The van der Waals surface area contributed by atoms with Crippen LogP contribution in [0.1, 0.15) is 0 Å². The van der Waals surface area contributed by atoms with E-state index in [1.807, 2.05) is 0 Å². The van der Waals surface area contributed by atoms with E-state index in [9.17, 15) is 4.91 Å². The maximum absolute atomic E-state index is 11.1. The monoisotopic (exact) mass is 291 g/mol. The molecule has 4 nitrogen and oxygen atoms in total. The second-order valence-corrected chi connectivity index (χ2v) is 4.78. The van der Waals surface area contributed by atoms with E-state index >= 15 is 0 Å². The summed E-state index contributed by atoms with van der Waals surface area (Å²) in [6, 6.07) is 10.5. The summed E-state index contributed by atoms with van der Waals surface area (Å²) >= 11 is 11.9. The summed E-state index contributed by atoms with van der Waals surface area (Å²) in [7, 11) is 0. The van der Waals surface area contributed by atoms with Gasteiger partial charge in [0.15, 0.2) is 5.65 Å². The number of fused-ring (bicyclic) bond motifs is 1. The van der Waals surface area contributed by atoms with Gasteiger partial charge in [0.2, 0.25) is 5.82 Å². The lowest BCUT2D eigenvalue weighted by atomic mass is 10.1. The Morgan fingerprint density at radius 2 is 1.84 bits per heavy atom. The van der Waals surface area contributed by atoms with Gasteiger partial charge in [-0.1, -0.05) is 35.3 Å². The molecular formula is C13H7Cl2N3O. The highest BCUT2D eigenvalue weighted by Crippen LogP contribution is 2.33. The fraction of sp³-hybridized carbons (Fsp3) is 0. The molecule has 0 amide bonds. The van der Waals surface area contributed by atoms with Crippen LogP contribution in [-0.4, -0.2) is 9.38 Å². The third kappa shape index (κ3) is 1.99. The van der Waals surface area contributed by atoms with E-state index in [1.54, 1.807) is 47.0 Å². The molecule has 0 radical (unpaired) electrons. The molecule has 0 N–H and O–H groups in total. The van der Waals surface area contributed by atoms with Crippen LogP contribution >= 0.6 is 23.2 Å². The van der Waals surface area contributed by atoms with Gasteiger partial charge in [0.1, 0.15) is 5.69 Å². The minimum atomic E-state index is 0.222. The van der Waals surface area contributed by atoms with E-state index in [-0.39, 0.29) is 5.82 Å². The van der Waals surface area contributed by atoms with Crippen LogP contribution in [0, 0.1) is 4.91 Å². The highest BCUT2D eigenvalue weighted by atomic mass is 35.5. The number of benzene rings is 1. The lowest BCUT2D eigenvalue weighted by molar-refractivity contribution is 1.16. The van der Waals surface area contributed by atoms with Gasteiger partial charge >= 0.3 is 0 Å². The number of imidazole rings is 1. The van der Waals surface area contributed by atoms with E-state index in [0.29, 0.717) is 21.4 Å². The molecule has 0 bridgehead atoms. The first kappa shape index (κ1) is 12.1. The predicted octanol–water partition coefficient (Wildman–Crippen LogP) is 4.71. The SMILES string of the molecule is O=Nc1c(-c2ccc(Cl)cc2)nc2c(Cl)cccn12. The van der Waals surface area contributed by atoms with Crippen molar-refractivity contribution in [3.63, 3.8) is 0 Å². The van der Waals surface area contributed by atoms with Crippen molar-refractivity contribution in [3.05, 3.63) is 57.5 Å². The normalized spacial score (nSPS) is 10.8. The second-order valence-electron chi connectivity index (χ2n) is 3.93. The maximum Gasteiger partial charge on any atom is 0.209 e. The highest BCUT2D eigenvalue weighted by Gasteiger charge is 2.16. The van der Waals surface area contributed by atoms with Gasteiger partial charge in [0.05, 0.1) is 5.02 Å². The molecule has 1 aromatic carbocycles. The number of pyridine rings is 1. The third-order valence-corrected chi connectivity index (χ3v) is 3.33. The van der Waals surface area contributed by atoms with Gasteiger partial charge in [0.25, 0.3) is 0 Å². The van der Waals surface area contributed by atoms with Crippen molar-refractivity contribution in [3.8, 4) is 11.3 Å². The molecule has 19 heavy (non-hydrogen) atoms. The Hall–Kier alpha value is -1.91. The molecule has 2 aromatic heterocycles. The van der Waals surface area contributed by atoms with Crippen molar-refractivity contribution < 1.29 is 0 Å². The van der Waals surface area contributed by atoms with Gasteiger partial charge in [0, 0.05) is 16.8 Å². The van der Waals surface area contributed by atoms with E-state index in [2.05, 4.69) is 10.2 Å². The van der Waals surface area contributed by atoms with E-state index < -0.39 is 0 Å². The molecule has 2 heterocycles. The van der Waals surface area contributed by atoms with Crippen LogP contribution in [0.3, 0.4) is 0 Å². The van der Waals surface area contributed by atoms with E-state index in [0.717, 1.165) is 5.56 Å². The Bertz CT molecular complexity index is 765. The van der Waals surface area contributed by atoms with Gasteiger partial charge in [-0.3, -0.25) is 4.40 Å². The van der Waals surface area contributed by atoms with E-state index in [1.165, 1.54) is 0 Å². The zero-order valence-corrected chi connectivity index (χ0v) is 11.1. The molecule has 0 atom stereocenters. The quantitative estimate of drug-likeness (QED) is 0.642. The molecule has 0 unspecified atom stereocenters. The van der Waals surface area contributed by atoms with Crippen LogP contribution in [0.5, 0.6) is 0 Å². The molecule has 0 fully saturated rings. The number of hydrogen-bond acceptors (Lipinski definition) is 3. The molecule has 94 valence electrons. The van der Waals surface area contributed by atoms with Crippen molar-refractivity contribution >= 4 is 34.7 Å². The fourth-order valence-corrected chi connectivity index (χ4v) is 2.24. The summed E-state index contributed by atoms with van der Waals surface area (Å²) in [5.41, 5.74) is 1.75. The highest BCUT2D eigenvalue weighted by molar-refractivity contribution is 6.33. The summed E-state index contributed by atoms with van der Waals surface area (Å²) in [5.74, 6) is 0.222. The minimum absolute atomic E-state index is 0.222. The molecule has 6 heteroatoms. The Morgan fingerprint density at radius 1 is 1.11 bits per heavy atom. The lowest BCUT2D eigenvalue weighted by Crippen LogP contribution is -1.82. The van der Waals surface area contributed by atoms with Crippen LogP contribution in [0.4, 0.5) is 5.82 Å². The molecule has 0 aliphatic carbocycles. The summed E-state index contributed by atoms with van der Waals surface area (Å²) in [6.07, 6.45) is 1.70. The smallest absolute Gasteiger partial charge is 0.209 e. The topological polar surface area (TPSA) is 46.7 Å². The van der Waals surface area contributed by atoms with Crippen LogP contribution in [-0.2, 0) is 0 Å². The Balaban J connectivity index is 2.32. The summed E-state index contributed by atoms with van der Waals surface area (Å²) in [6.45, 7) is 0. The van der Waals surface area contributed by atoms with Crippen LogP contribution in [0.25, 0.3) is 16.9 Å². The predicted molar refractivity (Wildman–Crippen MR) is 76.1 cm³/mol. The minimum Gasteiger partial charge on any atom is -0.280 e. The average molecular weight is 292 g/mol. The molecule has 0 saturated heterocycles. The van der Waals surface area contributed by atoms with Crippen LogP contribution in [0.15, 0.2) is 47.8 Å². The first-order chi connectivity index (χ1) is 9.20. The van der Waals surface area contributed by atoms with Gasteiger partial charge < -0.3 is 0 Å². The number of halogens is 2. The largest absolute Gasteiger partial charge is 0.280 e. The molecule has 3 rings (SSSR count). The molecule has 0 aliphatic rings. The Morgan fingerprint density at radius 3 is 2.53 bits per heavy atom. The van der Waals surface area contributed by atoms with Gasteiger partial charge in [-0.05, 0) is 29.4 Å². The Kier molecular flexibility index (Phi) is 2.97. The first-order valence-electron chi connectivity index (χ1n) is 5.46. The first-order valence-corrected chi connectivity index (χ1v) is 6.22. The number of nitroso groups, excluding NO2 is 1. The molecule has 0 spiro atoms. The molecule has 3 aromatic rings. The van der Waals surface area contributed by atoms with E-state index in [4.69, 9.17) is 23.2 Å².